The number of fused-ring (bicyclic) bond motifs is 2. The summed E-state index contributed by atoms with van der Waals surface area (Å²) in [6, 6.07) is 27.7. The van der Waals surface area contributed by atoms with E-state index in [-0.39, 0.29) is 30.2 Å². The molecule has 0 saturated carbocycles. The molecule has 0 bridgehead atoms. The summed E-state index contributed by atoms with van der Waals surface area (Å²) in [5, 5.41) is 3.04. The molecule has 5 nitrogen and oxygen atoms in total. The number of hydrogen-bond acceptors (Lipinski definition) is 3. The minimum absolute atomic E-state index is 0.0724. The van der Waals surface area contributed by atoms with Gasteiger partial charge in [0.05, 0.1) is 38.4 Å². The molecule has 0 aromatic heterocycles. The van der Waals surface area contributed by atoms with Crippen molar-refractivity contribution in [3.63, 3.8) is 0 Å². The van der Waals surface area contributed by atoms with Gasteiger partial charge in [0.25, 0.3) is 11.8 Å². The number of nitrogens with one attached hydrogen (secondary N) is 1. The van der Waals surface area contributed by atoms with E-state index in [4.69, 9.17) is 0 Å². The Hall–Kier alpha value is -4.10. The Morgan fingerprint density at radius 2 is 1.61 bits per heavy atom. The van der Waals surface area contributed by atoms with Crippen molar-refractivity contribution in [1.29, 1.82) is 0 Å². The Morgan fingerprint density at radius 3 is 2.37 bits per heavy atom. The Morgan fingerprint density at radius 1 is 0.895 bits per heavy atom. The summed E-state index contributed by atoms with van der Waals surface area (Å²) in [7, 11) is -1.62. The van der Waals surface area contributed by atoms with Gasteiger partial charge in [-0.05, 0) is 73.4 Å². The highest BCUT2D eigenvalue weighted by atomic mass is 32.2. The lowest BCUT2D eigenvalue weighted by atomic mass is 10.1. The van der Waals surface area contributed by atoms with Crippen LogP contribution in [0.2, 0.25) is 0 Å². The van der Waals surface area contributed by atoms with Gasteiger partial charge in [0, 0.05) is 11.6 Å². The number of carbonyl (C=O) groups excluding carboxylic acids is 2. The standard InChI is InChI=1S/C31H27FN2O3S/c1-21(11-12-22-7-3-2-4-8-22)33-30(35)24-15-18-29-27(19-24)34(20-23-13-16-25(32)17-14-23)31(36)26-9-5-6-10-28(26)38(29)37/h2-10,13-19,21H,11-12,20H2,1H3,(H,33,35)/t21-,38+/m0/s1. The first-order chi connectivity index (χ1) is 18.4. The summed E-state index contributed by atoms with van der Waals surface area (Å²) in [5.74, 6) is -0.968. The van der Waals surface area contributed by atoms with E-state index in [2.05, 4.69) is 17.4 Å². The number of nitrogens with zero attached hydrogens (tertiary/aromatic N) is 1. The van der Waals surface area contributed by atoms with E-state index in [1.165, 1.54) is 22.6 Å². The van der Waals surface area contributed by atoms with Crippen LogP contribution < -0.4 is 10.2 Å². The van der Waals surface area contributed by atoms with Crippen LogP contribution in [0.5, 0.6) is 0 Å². The highest BCUT2D eigenvalue weighted by Gasteiger charge is 2.31. The molecule has 1 N–H and O–H groups in total. The van der Waals surface area contributed by atoms with E-state index in [9.17, 15) is 18.2 Å². The molecule has 0 saturated heterocycles. The summed E-state index contributed by atoms with van der Waals surface area (Å²) in [6.45, 7) is 2.09. The van der Waals surface area contributed by atoms with Gasteiger partial charge in [0.2, 0.25) is 0 Å². The maximum Gasteiger partial charge on any atom is 0.259 e. The first-order valence-electron chi connectivity index (χ1n) is 12.5. The number of hydrogen-bond donors (Lipinski definition) is 1. The Labute approximate surface area is 223 Å². The number of halogens is 1. The van der Waals surface area contributed by atoms with E-state index < -0.39 is 10.8 Å². The molecule has 5 rings (SSSR count). The summed E-state index contributed by atoms with van der Waals surface area (Å²) >= 11 is 0. The van der Waals surface area contributed by atoms with Crippen LogP contribution >= 0.6 is 0 Å². The van der Waals surface area contributed by atoms with Crippen LogP contribution in [0.4, 0.5) is 10.1 Å². The van der Waals surface area contributed by atoms with Gasteiger partial charge in [0.1, 0.15) is 5.82 Å². The topological polar surface area (TPSA) is 66.5 Å². The van der Waals surface area contributed by atoms with Crippen molar-refractivity contribution in [3.05, 3.63) is 125 Å². The number of anilines is 1. The average Bonchev–Trinajstić information content (AvgIpc) is 3.03. The van der Waals surface area contributed by atoms with E-state index in [0.29, 0.717) is 32.2 Å². The first kappa shape index (κ1) is 25.5. The fourth-order valence-electron chi connectivity index (χ4n) is 4.54. The molecule has 1 heterocycles. The van der Waals surface area contributed by atoms with Crippen molar-refractivity contribution in [2.45, 2.75) is 42.1 Å². The SMILES string of the molecule is C[C@@H](CCc1ccccc1)NC(=O)c1ccc2c(c1)N(Cc1ccc(F)cc1)C(=O)c1ccccc1[S@]2=O. The quantitative estimate of drug-likeness (QED) is 0.326. The summed E-state index contributed by atoms with van der Waals surface area (Å²) in [5.41, 5.74) is 3.02. The van der Waals surface area contributed by atoms with Crippen LogP contribution in [0.25, 0.3) is 0 Å². The third-order valence-corrected chi connectivity index (χ3v) is 8.11. The van der Waals surface area contributed by atoms with Crippen LogP contribution in [0.15, 0.2) is 107 Å². The molecule has 1 aliphatic rings. The fraction of sp³-hybridized carbons (Fsp3) is 0.161. The second kappa shape index (κ2) is 11.1. The van der Waals surface area contributed by atoms with Gasteiger partial charge in [-0.2, -0.15) is 0 Å². The van der Waals surface area contributed by atoms with Crippen LogP contribution in [-0.2, 0) is 23.8 Å². The minimum Gasteiger partial charge on any atom is -0.350 e. The Bertz CT molecular complexity index is 1510. The van der Waals surface area contributed by atoms with Gasteiger partial charge in [0.15, 0.2) is 0 Å². The van der Waals surface area contributed by atoms with Crippen molar-refractivity contribution in [3.8, 4) is 0 Å². The van der Waals surface area contributed by atoms with Crippen LogP contribution in [0.1, 0.15) is 45.2 Å². The van der Waals surface area contributed by atoms with Crippen LogP contribution in [0, 0.1) is 5.82 Å². The van der Waals surface area contributed by atoms with Crippen molar-refractivity contribution in [2.24, 2.45) is 0 Å². The third kappa shape index (κ3) is 5.43. The number of carbonyl (C=O) groups is 2. The van der Waals surface area contributed by atoms with Gasteiger partial charge >= 0.3 is 0 Å². The van der Waals surface area contributed by atoms with Crippen molar-refractivity contribution < 1.29 is 18.2 Å². The zero-order chi connectivity index (χ0) is 26.6. The number of aryl methyl sites for hydroxylation is 1. The third-order valence-electron chi connectivity index (χ3n) is 6.61. The minimum atomic E-state index is -1.62. The van der Waals surface area contributed by atoms with Gasteiger partial charge in [-0.25, -0.2) is 8.60 Å². The molecule has 0 unspecified atom stereocenters. The van der Waals surface area contributed by atoms with E-state index in [1.807, 2.05) is 25.1 Å². The maximum atomic E-state index is 13.7. The van der Waals surface area contributed by atoms with Crippen molar-refractivity contribution >= 4 is 28.3 Å². The van der Waals surface area contributed by atoms with Gasteiger partial charge in [-0.3, -0.25) is 9.59 Å². The molecule has 4 aromatic rings. The lowest BCUT2D eigenvalue weighted by molar-refractivity contribution is 0.0935. The summed E-state index contributed by atoms with van der Waals surface area (Å²) in [4.78, 5) is 29.3. The summed E-state index contributed by atoms with van der Waals surface area (Å²) in [6.07, 6.45) is 1.61. The van der Waals surface area contributed by atoms with Gasteiger partial charge in [-0.15, -0.1) is 0 Å². The molecule has 2 amide bonds. The molecule has 192 valence electrons. The Kier molecular flexibility index (Phi) is 7.47. The van der Waals surface area contributed by atoms with Crippen molar-refractivity contribution in [1.82, 2.24) is 5.32 Å². The van der Waals surface area contributed by atoms with Crippen LogP contribution in [-0.4, -0.2) is 22.1 Å². The Balaban J connectivity index is 1.45. The predicted molar refractivity (Wildman–Crippen MR) is 146 cm³/mol. The normalized spacial score (nSPS) is 15.3. The van der Waals surface area contributed by atoms with E-state index in [1.54, 1.807) is 54.6 Å². The molecule has 4 aromatic carbocycles. The lowest BCUT2D eigenvalue weighted by Crippen LogP contribution is -2.33. The molecule has 7 heteroatoms. The largest absolute Gasteiger partial charge is 0.350 e. The second-order valence-corrected chi connectivity index (χ2v) is 10.8. The number of benzene rings is 4. The maximum absolute atomic E-state index is 13.7. The van der Waals surface area contributed by atoms with E-state index >= 15 is 0 Å². The van der Waals surface area contributed by atoms with Crippen molar-refractivity contribution in [2.75, 3.05) is 4.90 Å². The smallest absolute Gasteiger partial charge is 0.259 e. The molecular formula is C31H27FN2O3S. The predicted octanol–water partition coefficient (Wildman–Crippen LogP) is 5.90. The highest BCUT2D eigenvalue weighted by molar-refractivity contribution is 7.85. The molecule has 2 atom stereocenters. The molecule has 0 aliphatic carbocycles. The number of rotatable bonds is 7. The molecule has 38 heavy (non-hydrogen) atoms. The first-order valence-corrected chi connectivity index (χ1v) is 13.6. The molecule has 0 radical (unpaired) electrons. The zero-order valence-corrected chi connectivity index (χ0v) is 21.7. The average molecular weight is 527 g/mol. The van der Waals surface area contributed by atoms with Gasteiger partial charge < -0.3 is 10.2 Å². The fourth-order valence-corrected chi connectivity index (χ4v) is 5.89. The molecule has 1 aliphatic heterocycles. The van der Waals surface area contributed by atoms with Gasteiger partial charge in [-0.1, -0.05) is 54.6 Å². The highest BCUT2D eigenvalue weighted by Crippen LogP contribution is 2.36. The van der Waals surface area contributed by atoms with E-state index in [0.717, 1.165) is 12.8 Å². The summed E-state index contributed by atoms with van der Waals surface area (Å²) < 4.78 is 27.1. The monoisotopic (exact) mass is 526 g/mol. The zero-order valence-electron chi connectivity index (χ0n) is 20.9. The van der Waals surface area contributed by atoms with Crippen LogP contribution in [0.3, 0.4) is 0 Å². The lowest BCUT2D eigenvalue weighted by Gasteiger charge is -2.24. The molecule has 0 fully saturated rings. The number of amides is 2. The second-order valence-electron chi connectivity index (χ2n) is 9.36. The molecule has 0 spiro atoms. The molecular weight excluding hydrogens is 499 g/mol.